The minimum absolute atomic E-state index is 0.206. The average Bonchev–Trinajstić information content (AvgIpc) is 2.65. The molecule has 1 aromatic carbocycles. The topological polar surface area (TPSA) is 52.0 Å². The van der Waals surface area contributed by atoms with Crippen LogP contribution >= 0.6 is 0 Å². The SMILES string of the molecule is CC(C)c1ccc(-c2cnc(N)o2)cc1. The molecule has 2 rings (SSSR count). The second kappa shape index (κ2) is 3.77. The number of hydrogen-bond donors (Lipinski definition) is 1. The molecule has 0 bridgehead atoms. The molecule has 0 unspecified atom stereocenters. The minimum Gasteiger partial charge on any atom is -0.424 e. The Kier molecular flexibility index (Phi) is 2.46. The van der Waals surface area contributed by atoms with E-state index in [4.69, 9.17) is 10.2 Å². The zero-order valence-corrected chi connectivity index (χ0v) is 8.90. The van der Waals surface area contributed by atoms with Gasteiger partial charge in [-0.3, -0.25) is 0 Å². The molecular formula is C12H14N2O. The first-order chi connectivity index (χ1) is 7.16. The van der Waals surface area contributed by atoms with E-state index in [9.17, 15) is 0 Å². The smallest absolute Gasteiger partial charge is 0.292 e. The number of oxazole rings is 1. The van der Waals surface area contributed by atoms with Gasteiger partial charge in [-0.1, -0.05) is 38.1 Å². The molecule has 3 nitrogen and oxygen atoms in total. The normalized spacial score (nSPS) is 10.9. The van der Waals surface area contributed by atoms with Crippen LogP contribution in [0.5, 0.6) is 0 Å². The molecule has 0 saturated carbocycles. The summed E-state index contributed by atoms with van der Waals surface area (Å²) in [5, 5.41) is 0. The zero-order valence-electron chi connectivity index (χ0n) is 8.90. The molecule has 0 radical (unpaired) electrons. The lowest BCUT2D eigenvalue weighted by Crippen LogP contribution is -1.86. The molecule has 0 spiro atoms. The molecule has 1 aromatic heterocycles. The molecule has 3 heteroatoms. The molecule has 0 aliphatic heterocycles. The average molecular weight is 202 g/mol. The van der Waals surface area contributed by atoms with Crippen molar-refractivity contribution in [3.8, 4) is 11.3 Å². The van der Waals surface area contributed by atoms with Gasteiger partial charge in [-0.05, 0) is 11.5 Å². The number of nitrogens with zero attached hydrogens (tertiary/aromatic N) is 1. The summed E-state index contributed by atoms with van der Waals surface area (Å²) in [7, 11) is 0. The van der Waals surface area contributed by atoms with E-state index in [1.807, 2.05) is 12.1 Å². The van der Waals surface area contributed by atoms with E-state index in [2.05, 4.69) is 31.0 Å². The Morgan fingerprint density at radius 2 is 1.87 bits per heavy atom. The Labute approximate surface area is 88.9 Å². The van der Waals surface area contributed by atoms with E-state index in [1.165, 1.54) is 5.56 Å². The molecule has 2 N–H and O–H groups in total. The second-order valence-corrected chi connectivity index (χ2v) is 3.84. The van der Waals surface area contributed by atoms with Crippen LogP contribution in [0.3, 0.4) is 0 Å². The number of nitrogens with two attached hydrogens (primary N) is 1. The third-order valence-electron chi connectivity index (χ3n) is 2.39. The molecule has 0 aliphatic rings. The fourth-order valence-electron chi connectivity index (χ4n) is 1.45. The molecular weight excluding hydrogens is 188 g/mol. The molecule has 15 heavy (non-hydrogen) atoms. The summed E-state index contributed by atoms with van der Waals surface area (Å²) >= 11 is 0. The van der Waals surface area contributed by atoms with Crippen LogP contribution in [-0.2, 0) is 0 Å². The summed E-state index contributed by atoms with van der Waals surface area (Å²) in [6.45, 7) is 4.34. The quantitative estimate of drug-likeness (QED) is 0.814. The maximum absolute atomic E-state index is 5.42. The van der Waals surface area contributed by atoms with Crippen molar-refractivity contribution < 1.29 is 4.42 Å². The van der Waals surface area contributed by atoms with Gasteiger partial charge < -0.3 is 10.2 Å². The predicted octanol–water partition coefficient (Wildman–Crippen LogP) is 3.05. The molecule has 0 fully saturated rings. The van der Waals surface area contributed by atoms with Gasteiger partial charge in [0.15, 0.2) is 5.76 Å². The summed E-state index contributed by atoms with van der Waals surface area (Å²) in [5.41, 5.74) is 7.73. The summed E-state index contributed by atoms with van der Waals surface area (Å²) in [4.78, 5) is 3.86. The minimum atomic E-state index is 0.206. The number of anilines is 1. The lowest BCUT2D eigenvalue weighted by atomic mass is 10.0. The van der Waals surface area contributed by atoms with Crippen LogP contribution in [0.25, 0.3) is 11.3 Å². The first-order valence-electron chi connectivity index (χ1n) is 4.98. The van der Waals surface area contributed by atoms with Crippen molar-refractivity contribution in [2.75, 3.05) is 5.73 Å². The Morgan fingerprint density at radius 3 is 2.33 bits per heavy atom. The Hall–Kier alpha value is -1.77. The third-order valence-corrected chi connectivity index (χ3v) is 2.39. The fourth-order valence-corrected chi connectivity index (χ4v) is 1.45. The molecule has 0 atom stereocenters. The Bertz CT molecular complexity index is 443. The van der Waals surface area contributed by atoms with E-state index in [1.54, 1.807) is 6.20 Å². The number of hydrogen-bond acceptors (Lipinski definition) is 3. The fraction of sp³-hybridized carbons (Fsp3) is 0.250. The van der Waals surface area contributed by atoms with Crippen LogP contribution < -0.4 is 5.73 Å². The molecule has 2 aromatic rings. The number of rotatable bonds is 2. The molecule has 0 saturated heterocycles. The van der Waals surface area contributed by atoms with Gasteiger partial charge in [-0.25, -0.2) is 4.98 Å². The van der Waals surface area contributed by atoms with E-state index >= 15 is 0 Å². The maximum Gasteiger partial charge on any atom is 0.292 e. The first-order valence-corrected chi connectivity index (χ1v) is 4.98. The van der Waals surface area contributed by atoms with Crippen molar-refractivity contribution in [1.29, 1.82) is 0 Å². The summed E-state index contributed by atoms with van der Waals surface area (Å²) < 4.78 is 5.24. The van der Waals surface area contributed by atoms with Gasteiger partial charge in [0, 0.05) is 5.56 Å². The van der Waals surface area contributed by atoms with Crippen LogP contribution in [-0.4, -0.2) is 4.98 Å². The summed E-state index contributed by atoms with van der Waals surface area (Å²) in [6, 6.07) is 8.44. The number of aromatic nitrogens is 1. The maximum atomic E-state index is 5.42. The lowest BCUT2D eigenvalue weighted by Gasteiger charge is -2.04. The van der Waals surface area contributed by atoms with Gasteiger partial charge in [-0.2, -0.15) is 0 Å². The van der Waals surface area contributed by atoms with Crippen LogP contribution in [0.15, 0.2) is 34.9 Å². The van der Waals surface area contributed by atoms with Gasteiger partial charge in [0.05, 0.1) is 6.20 Å². The van der Waals surface area contributed by atoms with Crippen molar-refractivity contribution in [1.82, 2.24) is 4.98 Å². The largest absolute Gasteiger partial charge is 0.424 e. The summed E-state index contributed by atoms with van der Waals surface area (Å²) in [6.07, 6.45) is 1.64. The van der Waals surface area contributed by atoms with Gasteiger partial charge in [0.1, 0.15) is 0 Å². The number of nitrogen functional groups attached to an aromatic ring is 1. The van der Waals surface area contributed by atoms with Crippen molar-refractivity contribution >= 4 is 6.01 Å². The van der Waals surface area contributed by atoms with E-state index in [0.29, 0.717) is 11.7 Å². The van der Waals surface area contributed by atoms with E-state index < -0.39 is 0 Å². The lowest BCUT2D eigenvalue weighted by molar-refractivity contribution is 0.595. The van der Waals surface area contributed by atoms with E-state index in [-0.39, 0.29) is 6.01 Å². The second-order valence-electron chi connectivity index (χ2n) is 3.84. The van der Waals surface area contributed by atoms with Crippen LogP contribution in [0, 0.1) is 0 Å². The Morgan fingerprint density at radius 1 is 1.20 bits per heavy atom. The van der Waals surface area contributed by atoms with Crippen LogP contribution in [0.4, 0.5) is 6.01 Å². The standard InChI is InChI=1S/C12H14N2O/c1-8(2)9-3-5-10(6-4-9)11-7-14-12(13)15-11/h3-8H,1-2H3,(H2,13,14). The van der Waals surface area contributed by atoms with Crippen molar-refractivity contribution in [3.05, 3.63) is 36.0 Å². The third kappa shape index (κ3) is 2.01. The van der Waals surface area contributed by atoms with Crippen LogP contribution in [0.2, 0.25) is 0 Å². The van der Waals surface area contributed by atoms with Crippen molar-refractivity contribution in [2.24, 2.45) is 0 Å². The van der Waals surface area contributed by atoms with Gasteiger partial charge in [0.25, 0.3) is 6.01 Å². The predicted molar refractivity (Wildman–Crippen MR) is 60.4 cm³/mol. The van der Waals surface area contributed by atoms with Crippen molar-refractivity contribution in [3.63, 3.8) is 0 Å². The van der Waals surface area contributed by atoms with Crippen molar-refractivity contribution in [2.45, 2.75) is 19.8 Å². The zero-order chi connectivity index (χ0) is 10.8. The number of benzene rings is 1. The molecule has 78 valence electrons. The molecule has 0 aliphatic carbocycles. The van der Waals surface area contributed by atoms with Crippen LogP contribution in [0.1, 0.15) is 25.3 Å². The first kappa shape index (κ1) is 9.77. The molecule has 1 heterocycles. The highest BCUT2D eigenvalue weighted by molar-refractivity contribution is 5.57. The summed E-state index contributed by atoms with van der Waals surface area (Å²) in [5.74, 6) is 1.25. The van der Waals surface area contributed by atoms with Gasteiger partial charge in [-0.15, -0.1) is 0 Å². The Balaban J connectivity index is 2.31. The van der Waals surface area contributed by atoms with E-state index in [0.717, 1.165) is 5.56 Å². The van der Waals surface area contributed by atoms with Gasteiger partial charge in [0.2, 0.25) is 0 Å². The molecule has 0 amide bonds. The highest BCUT2D eigenvalue weighted by atomic mass is 16.4. The highest BCUT2D eigenvalue weighted by Crippen LogP contribution is 2.23. The van der Waals surface area contributed by atoms with Gasteiger partial charge >= 0.3 is 0 Å². The highest BCUT2D eigenvalue weighted by Gasteiger charge is 2.04. The monoisotopic (exact) mass is 202 g/mol.